The molecular weight excluding hydrogens is 244 g/mol. The fourth-order valence-corrected chi connectivity index (χ4v) is 2.57. The standard InChI is InChI=1S/C18H24N2/c1-2-3-4-9-16(18-11-6-8-15-20-18)12-13-17-10-5-7-14-19-17/h5-8,10-11,14-16H,2-4,9,12-13H2,1H3. The largest absolute Gasteiger partial charge is 0.261 e. The maximum atomic E-state index is 4.55. The first-order chi connectivity index (χ1) is 9.90. The molecule has 0 aliphatic heterocycles. The Morgan fingerprint density at radius 2 is 1.70 bits per heavy atom. The van der Waals surface area contributed by atoms with Gasteiger partial charge in [0, 0.05) is 29.7 Å². The van der Waals surface area contributed by atoms with Crippen molar-refractivity contribution in [3.8, 4) is 0 Å². The van der Waals surface area contributed by atoms with E-state index in [1.54, 1.807) is 0 Å². The smallest absolute Gasteiger partial charge is 0.0434 e. The van der Waals surface area contributed by atoms with Crippen LogP contribution in [0.25, 0.3) is 0 Å². The first-order valence-corrected chi connectivity index (χ1v) is 7.71. The molecule has 1 atom stereocenters. The second-order valence-electron chi connectivity index (χ2n) is 5.31. The first-order valence-electron chi connectivity index (χ1n) is 7.71. The minimum Gasteiger partial charge on any atom is -0.261 e. The minimum absolute atomic E-state index is 0.560. The topological polar surface area (TPSA) is 25.8 Å². The van der Waals surface area contributed by atoms with Crippen LogP contribution in [0.15, 0.2) is 48.8 Å². The summed E-state index contributed by atoms with van der Waals surface area (Å²) in [5.41, 5.74) is 2.42. The number of rotatable bonds is 8. The Morgan fingerprint density at radius 3 is 2.35 bits per heavy atom. The van der Waals surface area contributed by atoms with Crippen LogP contribution in [0, 0.1) is 0 Å². The molecule has 2 aromatic rings. The van der Waals surface area contributed by atoms with Crippen LogP contribution in [0.4, 0.5) is 0 Å². The van der Waals surface area contributed by atoms with Crippen LogP contribution in [-0.4, -0.2) is 9.97 Å². The molecule has 0 N–H and O–H groups in total. The van der Waals surface area contributed by atoms with Gasteiger partial charge in [0.15, 0.2) is 0 Å². The Kier molecular flexibility index (Phi) is 6.22. The van der Waals surface area contributed by atoms with Crippen molar-refractivity contribution in [1.82, 2.24) is 9.97 Å². The molecule has 2 heteroatoms. The van der Waals surface area contributed by atoms with Crippen LogP contribution in [-0.2, 0) is 6.42 Å². The summed E-state index contributed by atoms with van der Waals surface area (Å²) < 4.78 is 0. The van der Waals surface area contributed by atoms with E-state index < -0.39 is 0 Å². The third-order valence-corrected chi connectivity index (χ3v) is 3.74. The Morgan fingerprint density at radius 1 is 0.900 bits per heavy atom. The van der Waals surface area contributed by atoms with E-state index in [9.17, 15) is 0 Å². The zero-order chi connectivity index (χ0) is 14.0. The van der Waals surface area contributed by atoms with Gasteiger partial charge in [-0.2, -0.15) is 0 Å². The summed E-state index contributed by atoms with van der Waals surface area (Å²) in [6.07, 6.45) is 11.1. The third-order valence-electron chi connectivity index (χ3n) is 3.74. The number of unbranched alkanes of at least 4 members (excludes halogenated alkanes) is 2. The molecule has 0 fully saturated rings. The van der Waals surface area contributed by atoms with E-state index in [0.717, 1.165) is 12.8 Å². The Balaban J connectivity index is 1.95. The van der Waals surface area contributed by atoms with Crippen molar-refractivity contribution in [2.24, 2.45) is 0 Å². The first kappa shape index (κ1) is 14.7. The predicted molar refractivity (Wildman–Crippen MR) is 83.7 cm³/mol. The number of aryl methyl sites for hydroxylation is 1. The third kappa shape index (κ3) is 4.76. The molecule has 0 saturated carbocycles. The summed E-state index contributed by atoms with van der Waals surface area (Å²) in [7, 11) is 0. The molecule has 0 saturated heterocycles. The van der Waals surface area contributed by atoms with Crippen molar-refractivity contribution in [1.29, 1.82) is 0 Å². The highest BCUT2D eigenvalue weighted by Gasteiger charge is 2.12. The van der Waals surface area contributed by atoms with Gasteiger partial charge in [0.25, 0.3) is 0 Å². The molecule has 0 spiro atoms. The lowest BCUT2D eigenvalue weighted by molar-refractivity contribution is 0.522. The Hall–Kier alpha value is -1.70. The van der Waals surface area contributed by atoms with Gasteiger partial charge in [-0.3, -0.25) is 9.97 Å². The fourth-order valence-electron chi connectivity index (χ4n) is 2.57. The van der Waals surface area contributed by atoms with E-state index >= 15 is 0 Å². The van der Waals surface area contributed by atoms with Crippen molar-refractivity contribution in [3.63, 3.8) is 0 Å². The highest BCUT2D eigenvalue weighted by Crippen LogP contribution is 2.25. The second-order valence-corrected chi connectivity index (χ2v) is 5.31. The van der Waals surface area contributed by atoms with E-state index in [1.165, 1.54) is 37.1 Å². The van der Waals surface area contributed by atoms with Crippen molar-refractivity contribution < 1.29 is 0 Å². The van der Waals surface area contributed by atoms with Crippen LogP contribution < -0.4 is 0 Å². The minimum atomic E-state index is 0.560. The molecule has 0 aliphatic rings. The zero-order valence-corrected chi connectivity index (χ0v) is 12.3. The summed E-state index contributed by atoms with van der Waals surface area (Å²) in [4.78, 5) is 8.97. The van der Waals surface area contributed by atoms with E-state index in [-0.39, 0.29) is 0 Å². The highest BCUT2D eigenvalue weighted by atomic mass is 14.7. The molecular formula is C18H24N2. The van der Waals surface area contributed by atoms with Gasteiger partial charge < -0.3 is 0 Å². The van der Waals surface area contributed by atoms with Crippen molar-refractivity contribution in [3.05, 3.63) is 60.2 Å². The summed E-state index contributed by atoms with van der Waals surface area (Å²) in [5, 5.41) is 0. The van der Waals surface area contributed by atoms with Gasteiger partial charge in [-0.15, -0.1) is 0 Å². The van der Waals surface area contributed by atoms with Crippen LogP contribution in [0.2, 0.25) is 0 Å². The summed E-state index contributed by atoms with van der Waals surface area (Å²) in [5.74, 6) is 0.560. The van der Waals surface area contributed by atoms with Crippen molar-refractivity contribution in [2.75, 3.05) is 0 Å². The second kappa shape index (κ2) is 8.47. The quantitative estimate of drug-likeness (QED) is 0.644. The number of aromatic nitrogens is 2. The molecule has 2 heterocycles. The van der Waals surface area contributed by atoms with Gasteiger partial charge in [0.1, 0.15) is 0 Å². The van der Waals surface area contributed by atoms with Gasteiger partial charge in [-0.25, -0.2) is 0 Å². The normalized spacial score (nSPS) is 12.2. The van der Waals surface area contributed by atoms with Crippen molar-refractivity contribution in [2.45, 2.75) is 51.4 Å². The van der Waals surface area contributed by atoms with Gasteiger partial charge in [0.2, 0.25) is 0 Å². The van der Waals surface area contributed by atoms with Gasteiger partial charge in [-0.05, 0) is 43.5 Å². The van der Waals surface area contributed by atoms with Gasteiger partial charge in [-0.1, -0.05) is 38.3 Å². The van der Waals surface area contributed by atoms with Crippen LogP contribution in [0.1, 0.15) is 56.3 Å². The Bertz CT molecular complexity index is 467. The molecule has 0 amide bonds. The summed E-state index contributed by atoms with van der Waals surface area (Å²) in [6.45, 7) is 2.25. The van der Waals surface area contributed by atoms with Crippen molar-refractivity contribution >= 4 is 0 Å². The number of pyridine rings is 2. The van der Waals surface area contributed by atoms with E-state index in [2.05, 4.69) is 41.2 Å². The van der Waals surface area contributed by atoms with Gasteiger partial charge >= 0.3 is 0 Å². The molecule has 2 rings (SSSR count). The van der Waals surface area contributed by atoms with Crippen LogP contribution in [0.3, 0.4) is 0 Å². The van der Waals surface area contributed by atoms with E-state index in [0.29, 0.717) is 5.92 Å². The molecule has 0 bridgehead atoms. The summed E-state index contributed by atoms with van der Waals surface area (Å²) >= 11 is 0. The van der Waals surface area contributed by atoms with Crippen LogP contribution >= 0.6 is 0 Å². The maximum Gasteiger partial charge on any atom is 0.0434 e. The summed E-state index contributed by atoms with van der Waals surface area (Å²) in [6, 6.07) is 12.4. The lowest BCUT2D eigenvalue weighted by atomic mass is 9.92. The molecule has 2 nitrogen and oxygen atoms in total. The lowest BCUT2D eigenvalue weighted by Gasteiger charge is -2.16. The maximum absolute atomic E-state index is 4.55. The molecule has 20 heavy (non-hydrogen) atoms. The monoisotopic (exact) mass is 268 g/mol. The lowest BCUT2D eigenvalue weighted by Crippen LogP contribution is -2.04. The average Bonchev–Trinajstić information content (AvgIpc) is 2.52. The fraction of sp³-hybridized carbons (Fsp3) is 0.444. The number of hydrogen-bond acceptors (Lipinski definition) is 2. The zero-order valence-electron chi connectivity index (χ0n) is 12.3. The molecule has 106 valence electrons. The Labute approximate surface area is 122 Å². The van der Waals surface area contributed by atoms with E-state index in [4.69, 9.17) is 0 Å². The number of hydrogen-bond donors (Lipinski definition) is 0. The molecule has 0 aliphatic carbocycles. The predicted octanol–water partition coefficient (Wildman–Crippen LogP) is 4.77. The van der Waals surface area contributed by atoms with E-state index in [1.807, 2.05) is 24.5 Å². The van der Waals surface area contributed by atoms with Gasteiger partial charge in [0.05, 0.1) is 0 Å². The SMILES string of the molecule is CCCCCC(CCc1ccccn1)c1ccccn1. The average molecular weight is 268 g/mol. The molecule has 1 unspecified atom stereocenters. The highest BCUT2D eigenvalue weighted by molar-refractivity contribution is 5.11. The molecule has 0 radical (unpaired) electrons. The van der Waals surface area contributed by atoms with Crippen LogP contribution in [0.5, 0.6) is 0 Å². The molecule has 2 aromatic heterocycles. The molecule has 0 aromatic carbocycles. The number of nitrogens with zero attached hydrogens (tertiary/aromatic N) is 2.